The summed E-state index contributed by atoms with van der Waals surface area (Å²) in [6, 6.07) is 1.57. The summed E-state index contributed by atoms with van der Waals surface area (Å²) < 4.78 is 0.881. The highest BCUT2D eigenvalue weighted by atomic mass is 79.9. The predicted molar refractivity (Wildman–Crippen MR) is 42.5 cm³/mol. The molecule has 4 heteroatoms. The second-order valence-corrected chi connectivity index (χ2v) is 2.92. The van der Waals surface area contributed by atoms with Gasteiger partial charge in [-0.1, -0.05) is 0 Å². The zero-order valence-electron chi connectivity index (χ0n) is 5.34. The molecule has 56 valence electrons. The number of hydrogen-bond donors (Lipinski definition) is 3. The van der Waals surface area contributed by atoms with Crippen LogP contribution in [0.3, 0.4) is 0 Å². The molecule has 0 amide bonds. The molecule has 0 bridgehead atoms. The van der Waals surface area contributed by atoms with Gasteiger partial charge in [0, 0.05) is 6.20 Å². The number of aromatic amines is 1. The predicted octanol–water partition coefficient (Wildman–Crippen LogP) is 0.769. The fourth-order valence-electron chi connectivity index (χ4n) is 0.701. The van der Waals surface area contributed by atoms with Gasteiger partial charge in [-0.15, -0.1) is 0 Å². The van der Waals surface area contributed by atoms with E-state index in [0.717, 1.165) is 10.2 Å². The van der Waals surface area contributed by atoms with Gasteiger partial charge in [-0.25, -0.2) is 0 Å². The smallest absolute Gasteiger partial charge is 0.0823 e. The highest BCUT2D eigenvalue weighted by molar-refractivity contribution is 9.10. The molecule has 0 fully saturated rings. The Bertz CT molecular complexity index is 211. The largest absolute Gasteiger partial charge is 0.394 e. The first kappa shape index (κ1) is 7.78. The van der Waals surface area contributed by atoms with Crippen molar-refractivity contribution in [3.8, 4) is 0 Å². The molecule has 0 saturated heterocycles. The minimum Gasteiger partial charge on any atom is -0.394 e. The van der Waals surface area contributed by atoms with Crippen LogP contribution in [-0.4, -0.2) is 16.7 Å². The Morgan fingerprint density at radius 2 is 2.50 bits per heavy atom. The Labute approximate surface area is 67.4 Å². The molecule has 1 heterocycles. The Kier molecular flexibility index (Phi) is 2.48. The maximum Gasteiger partial charge on any atom is 0.0823 e. The van der Waals surface area contributed by atoms with E-state index >= 15 is 0 Å². The molecule has 1 aromatic rings. The van der Waals surface area contributed by atoms with Crippen molar-refractivity contribution in [3.05, 3.63) is 22.4 Å². The van der Waals surface area contributed by atoms with Crippen LogP contribution in [0.1, 0.15) is 11.6 Å². The molecule has 10 heavy (non-hydrogen) atoms. The van der Waals surface area contributed by atoms with Crippen molar-refractivity contribution < 1.29 is 5.11 Å². The molecule has 0 aliphatic carbocycles. The number of aliphatic hydroxyl groups excluding tert-OH is 1. The standard InChI is InChI=1S/C6H9BrN2O/c7-6-1-4(2-9-6)5(8)3-10/h1-2,5,9-10H,3,8H2. The second-order valence-electron chi connectivity index (χ2n) is 2.07. The maximum atomic E-state index is 8.64. The molecular formula is C6H9BrN2O. The first-order valence-corrected chi connectivity index (χ1v) is 3.73. The second kappa shape index (κ2) is 3.18. The third-order valence-corrected chi connectivity index (χ3v) is 1.75. The zero-order valence-corrected chi connectivity index (χ0v) is 6.93. The lowest BCUT2D eigenvalue weighted by molar-refractivity contribution is 0.268. The van der Waals surface area contributed by atoms with Crippen molar-refractivity contribution in [2.24, 2.45) is 5.73 Å². The fourth-order valence-corrected chi connectivity index (χ4v) is 1.08. The van der Waals surface area contributed by atoms with Gasteiger partial charge in [0.1, 0.15) is 0 Å². The van der Waals surface area contributed by atoms with E-state index in [1.54, 1.807) is 6.20 Å². The van der Waals surface area contributed by atoms with E-state index in [1.165, 1.54) is 0 Å². The van der Waals surface area contributed by atoms with Crippen LogP contribution in [0.2, 0.25) is 0 Å². The number of aromatic nitrogens is 1. The highest BCUT2D eigenvalue weighted by Crippen LogP contribution is 2.14. The molecular weight excluding hydrogens is 196 g/mol. The highest BCUT2D eigenvalue weighted by Gasteiger charge is 2.04. The summed E-state index contributed by atoms with van der Waals surface area (Å²) in [6.45, 7) is -0.0235. The summed E-state index contributed by atoms with van der Waals surface area (Å²) in [6.07, 6.45) is 1.77. The summed E-state index contributed by atoms with van der Waals surface area (Å²) in [7, 11) is 0. The molecule has 1 rings (SSSR count). The number of rotatable bonds is 2. The molecule has 1 unspecified atom stereocenters. The van der Waals surface area contributed by atoms with Gasteiger partial charge in [0.15, 0.2) is 0 Å². The van der Waals surface area contributed by atoms with Crippen molar-refractivity contribution in [2.45, 2.75) is 6.04 Å². The van der Waals surface area contributed by atoms with Crippen LogP contribution in [0.4, 0.5) is 0 Å². The van der Waals surface area contributed by atoms with Crippen LogP contribution in [0.25, 0.3) is 0 Å². The van der Waals surface area contributed by atoms with E-state index in [-0.39, 0.29) is 12.6 Å². The van der Waals surface area contributed by atoms with Crippen LogP contribution in [-0.2, 0) is 0 Å². The maximum absolute atomic E-state index is 8.64. The minimum atomic E-state index is -0.275. The third-order valence-electron chi connectivity index (χ3n) is 1.29. The number of aliphatic hydroxyl groups is 1. The summed E-state index contributed by atoms with van der Waals surface area (Å²) in [5.74, 6) is 0. The monoisotopic (exact) mass is 204 g/mol. The normalized spacial score (nSPS) is 13.5. The molecule has 3 nitrogen and oxygen atoms in total. The Balaban J connectivity index is 2.74. The van der Waals surface area contributed by atoms with Crippen molar-refractivity contribution in [2.75, 3.05) is 6.61 Å². The molecule has 0 aromatic carbocycles. The molecule has 0 radical (unpaired) electrons. The Morgan fingerprint density at radius 1 is 1.80 bits per heavy atom. The Hall–Kier alpha value is -0.320. The summed E-state index contributed by atoms with van der Waals surface area (Å²) in [5.41, 5.74) is 6.43. The lowest BCUT2D eigenvalue weighted by Gasteiger charge is -2.02. The average molecular weight is 205 g/mol. The topological polar surface area (TPSA) is 62.0 Å². The summed E-state index contributed by atoms with van der Waals surface area (Å²) in [5, 5.41) is 8.64. The molecule has 4 N–H and O–H groups in total. The molecule has 0 aliphatic heterocycles. The van der Waals surface area contributed by atoms with Gasteiger partial charge in [-0.2, -0.15) is 0 Å². The molecule has 0 saturated carbocycles. The van der Waals surface area contributed by atoms with Crippen LogP contribution in [0.5, 0.6) is 0 Å². The van der Waals surface area contributed by atoms with Crippen LogP contribution in [0.15, 0.2) is 16.9 Å². The van der Waals surface area contributed by atoms with Gasteiger partial charge in [0.05, 0.1) is 17.3 Å². The van der Waals surface area contributed by atoms with Gasteiger partial charge in [0.25, 0.3) is 0 Å². The average Bonchev–Trinajstić information content (AvgIpc) is 2.34. The van der Waals surface area contributed by atoms with Crippen LogP contribution in [0, 0.1) is 0 Å². The first-order valence-electron chi connectivity index (χ1n) is 2.94. The summed E-state index contributed by atoms with van der Waals surface area (Å²) in [4.78, 5) is 2.91. The van der Waals surface area contributed by atoms with E-state index in [0.29, 0.717) is 0 Å². The van der Waals surface area contributed by atoms with Crippen LogP contribution < -0.4 is 5.73 Å². The van der Waals surface area contributed by atoms with E-state index in [1.807, 2.05) is 6.07 Å². The third kappa shape index (κ3) is 1.59. The minimum absolute atomic E-state index is 0.0235. The Morgan fingerprint density at radius 3 is 2.90 bits per heavy atom. The fraction of sp³-hybridized carbons (Fsp3) is 0.333. The molecule has 0 aliphatic rings. The van der Waals surface area contributed by atoms with E-state index in [4.69, 9.17) is 10.8 Å². The number of nitrogens with one attached hydrogen (secondary N) is 1. The van der Waals surface area contributed by atoms with Crippen molar-refractivity contribution in [1.82, 2.24) is 4.98 Å². The molecule has 1 aromatic heterocycles. The van der Waals surface area contributed by atoms with E-state index < -0.39 is 0 Å². The van der Waals surface area contributed by atoms with Gasteiger partial charge in [-0.05, 0) is 27.6 Å². The number of hydrogen-bond acceptors (Lipinski definition) is 2. The summed E-state index contributed by atoms with van der Waals surface area (Å²) >= 11 is 3.24. The lowest BCUT2D eigenvalue weighted by atomic mass is 10.2. The van der Waals surface area contributed by atoms with Crippen LogP contribution >= 0.6 is 15.9 Å². The van der Waals surface area contributed by atoms with Gasteiger partial charge in [-0.3, -0.25) is 0 Å². The van der Waals surface area contributed by atoms with Crippen molar-refractivity contribution in [3.63, 3.8) is 0 Å². The number of H-pyrrole nitrogens is 1. The van der Waals surface area contributed by atoms with Crippen molar-refractivity contribution in [1.29, 1.82) is 0 Å². The van der Waals surface area contributed by atoms with Gasteiger partial charge >= 0.3 is 0 Å². The lowest BCUT2D eigenvalue weighted by Crippen LogP contribution is -2.13. The zero-order chi connectivity index (χ0) is 7.56. The van der Waals surface area contributed by atoms with Crippen molar-refractivity contribution >= 4 is 15.9 Å². The number of nitrogens with two attached hydrogens (primary N) is 1. The van der Waals surface area contributed by atoms with E-state index in [2.05, 4.69) is 20.9 Å². The first-order chi connectivity index (χ1) is 4.74. The molecule has 1 atom stereocenters. The SMILES string of the molecule is NC(CO)c1c[nH]c(Br)c1. The van der Waals surface area contributed by atoms with Gasteiger partial charge in [0.2, 0.25) is 0 Å². The van der Waals surface area contributed by atoms with E-state index in [9.17, 15) is 0 Å². The quantitative estimate of drug-likeness (QED) is 0.667. The van der Waals surface area contributed by atoms with Gasteiger partial charge < -0.3 is 15.8 Å². The number of halogens is 1. The molecule has 0 spiro atoms.